The van der Waals surface area contributed by atoms with Gasteiger partial charge in [0.25, 0.3) is 0 Å². The van der Waals surface area contributed by atoms with Gasteiger partial charge in [-0.1, -0.05) is 13.8 Å². The van der Waals surface area contributed by atoms with Gasteiger partial charge in [0.2, 0.25) is 0 Å². The molecule has 0 atom stereocenters. The molecular formula is C15H31N3O. The van der Waals surface area contributed by atoms with Crippen molar-refractivity contribution >= 4 is 5.96 Å². The second-order valence-corrected chi connectivity index (χ2v) is 5.75. The highest BCUT2D eigenvalue weighted by molar-refractivity contribution is 5.80. The molecule has 1 aliphatic rings. The molecule has 0 saturated heterocycles. The molecule has 1 fully saturated rings. The first kappa shape index (κ1) is 16.3. The van der Waals surface area contributed by atoms with Gasteiger partial charge in [-0.3, -0.25) is 4.99 Å². The molecule has 1 rings (SSSR count). The van der Waals surface area contributed by atoms with Gasteiger partial charge in [0.1, 0.15) is 0 Å². The molecule has 0 bridgehead atoms. The Balaban J connectivity index is 2.36. The standard InChI is InChI=1S/C15H31N3O/c1-5-16-15(17-10-11-19-4)18-14-8-6-13(7-9-14)12(2)3/h12-14H,5-11H2,1-4H3,(H2,16,17,18). The van der Waals surface area contributed by atoms with E-state index in [9.17, 15) is 0 Å². The lowest BCUT2D eigenvalue weighted by atomic mass is 9.80. The van der Waals surface area contributed by atoms with E-state index in [1.807, 2.05) is 0 Å². The monoisotopic (exact) mass is 269 g/mol. The number of guanidine groups is 1. The van der Waals surface area contributed by atoms with Crippen LogP contribution in [0.25, 0.3) is 0 Å². The van der Waals surface area contributed by atoms with Gasteiger partial charge in [-0.15, -0.1) is 0 Å². The van der Waals surface area contributed by atoms with Gasteiger partial charge in [-0.05, 0) is 44.4 Å². The Hall–Kier alpha value is -0.770. The van der Waals surface area contributed by atoms with Crippen LogP contribution in [-0.2, 0) is 4.74 Å². The van der Waals surface area contributed by atoms with Crippen LogP contribution in [0.3, 0.4) is 0 Å². The molecule has 19 heavy (non-hydrogen) atoms. The average Bonchev–Trinajstić information content (AvgIpc) is 2.40. The Morgan fingerprint density at radius 2 is 1.95 bits per heavy atom. The van der Waals surface area contributed by atoms with Crippen LogP contribution in [-0.4, -0.2) is 38.8 Å². The zero-order chi connectivity index (χ0) is 14.1. The molecule has 0 aromatic heterocycles. The summed E-state index contributed by atoms with van der Waals surface area (Å²) >= 11 is 0. The zero-order valence-corrected chi connectivity index (χ0v) is 13.0. The zero-order valence-electron chi connectivity index (χ0n) is 13.0. The Labute approximate surface area is 118 Å². The Kier molecular flexibility index (Phi) is 7.87. The second-order valence-electron chi connectivity index (χ2n) is 5.75. The molecule has 0 radical (unpaired) electrons. The number of ether oxygens (including phenoxy) is 1. The molecule has 1 saturated carbocycles. The predicted octanol–water partition coefficient (Wildman–Crippen LogP) is 2.40. The normalized spacial score (nSPS) is 24.6. The van der Waals surface area contributed by atoms with Crippen molar-refractivity contribution in [3.8, 4) is 0 Å². The van der Waals surface area contributed by atoms with E-state index in [-0.39, 0.29) is 0 Å². The quantitative estimate of drug-likeness (QED) is 0.442. The first-order valence-electron chi connectivity index (χ1n) is 7.71. The molecule has 2 N–H and O–H groups in total. The van der Waals surface area contributed by atoms with Crippen LogP contribution < -0.4 is 10.6 Å². The third-order valence-electron chi connectivity index (χ3n) is 3.97. The van der Waals surface area contributed by atoms with E-state index < -0.39 is 0 Å². The Morgan fingerprint density at radius 3 is 2.47 bits per heavy atom. The van der Waals surface area contributed by atoms with Crippen molar-refractivity contribution in [1.82, 2.24) is 10.6 Å². The summed E-state index contributed by atoms with van der Waals surface area (Å²) in [6.07, 6.45) is 5.20. The minimum atomic E-state index is 0.579. The van der Waals surface area contributed by atoms with Crippen molar-refractivity contribution in [1.29, 1.82) is 0 Å². The van der Waals surface area contributed by atoms with Gasteiger partial charge in [0, 0.05) is 19.7 Å². The third-order valence-corrected chi connectivity index (χ3v) is 3.97. The van der Waals surface area contributed by atoms with Crippen LogP contribution in [0.5, 0.6) is 0 Å². The fourth-order valence-corrected chi connectivity index (χ4v) is 2.69. The van der Waals surface area contributed by atoms with Crippen molar-refractivity contribution in [3.05, 3.63) is 0 Å². The summed E-state index contributed by atoms with van der Waals surface area (Å²) in [6, 6.07) is 0.579. The molecule has 0 amide bonds. The Bertz CT molecular complexity index is 258. The topological polar surface area (TPSA) is 45.7 Å². The fraction of sp³-hybridized carbons (Fsp3) is 0.933. The van der Waals surface area contributed by atoms with Gasteiger partial charge < -0.3 is 15.4 Å². The van der Waals surface area contributed by atoms with Crippen molar-refractivity contribution in [2.75, 3.05) is 26.8 Å². The van der Waals surface area contributed by atoms with E-state index in [0.717, 1.165) is 24.3 Å². The first-order chi connectivity index (χ1) is 9.17. The molecule has 0 spiro atoms. The minimum Gasteiger partial charge on any atom is -0.383 e. The highest BCUT2D eigenvalue weighted by atomic mass is 16.5. The highest BCUT2D eigenvalue weighted by Gasteiger charge is 2.23. The largest absolute Gasteiger partial charge is 0.383 e. The van der Waals surface area contributed by atoms with Gasteiger partial charge in [-0.2, -0.15) is 0 Å². The predicted molar refractivity (Wildman–Crippen MR) is 81.6 cm³/mol. The molecule has 0 unspecified atom stereocenters. The summed E-state index contributed by atoms with van der Waals surface area (Å²) in [5.74, 6) is 2.67. The van der Waals surface area contributed by atoms with Gasteiger partial charge >= 0.3 is 0 Å². The van der Waals surface area contributed by atoms with Crippen LogP contribution in [0.1, 0.15) is 46.5 Å². The smallest absolute Gasteiger partial charge is 0.191 e. The van der Waals surface area contributed by atoms with E-state index in [1.54, 1.807) is 7.11 Å². The number of hydrogen-bond donors (Lipinski definition) is 2. The van der Waals surface area contributed by atoms with E-state index >= 15 is 0 Å². The van der Waals surface area contributed by atoms with Crippen LogP contribution in [0.4, 0.5) is 0 Å². The maximum absolute atomic E-state index is 5.04. The van der Waals surface area contributed by atoms with Crippen LogP contribution in [0.15, 0.2) is 4.99 Å². The molecular weight excluding hydrogens is 238 g/mol. The molecule has 0 aromatic carbocycles. The lowest BCUT2D eigenvalue weighted by Crippen LogP contribution is -2.45. The molecule has 1 aliphatic carbocycles. The fourth-order valence-electron chi connectivity index (χ4n) is 2.69. The third kappa shape index (κ3) is 6.28. The van der Waals surface area contributed by atoms with Crippen molar-refractivity contribution in [3.63, 3.8) is 0 Å². The molecule has 4 nitrogen and oxygen atoms in total. The molecule has 0 aromatic rings. The van der Waals surface area contributed by atoms with Crippen molar-refractivity contribution in [2.45, 2.75) is 52.5 Å². The second kappa shape index (κ2) is 9.18. The number of hydrogen-bond acceptors (Lipinski definition) is 2. The van der Waals surface area contributed by atoms with Gasteiger partial charge in [0.15, 0.2) is 5.96 Å². The molecule has 0 aliphatic heterocycles. The van der Waals surface area contributed by atoms with Gasteiger partial charge in [-0.25, -0.2) is 0 Å². The molecule has 112 valence electrons. The summed E-state index contributed by atoms with van der Waals surface area (Å²) in [7, 11) is 1.71. The van der Waals surface area contributed by atoms with Crippen molar-refractivity contribution in [2.24, 2.45) is 16.8 Å². The summed E-state index contributed by atoms with van der Waals surface area (Å²) < 4.78 is 5.04. The van der Waals surface area contributed by atoms with Crippen LogP contribution in [0.2, 0.25) is 0 Å². The lowest BCUT2D eigenvalue weighted by Gasteiger charge is -2.32. The molecule has 4 heteroatoms. The summed E-state index contributed by atoms with van der Waals surface area (Å²) in [4.78, 5) is 4.52. The maximum atomic E-state index is 5.04. The Morgan fingerprint density at radius 1 is 1.26 bits per heavy atom. The maximum Gasteiger partial charge on any atom is 0.191 e. The summed E-state index contributed by atoms with van der Waals surface area (Å²) in [5.41, 5.74) is 0. The number of methoxy groups -OCH3 is 1. The number of nitrogens with one attached hydrogen (secondary N) is 2. The van der Waals surface area contributed by atoms with E-state index in [0.29, 0.717) is 19.2 Å². The SMILES string of the molecule is CCNC(=NCCOC)NC1CCC(C(C)C)CC1. The lowest BCUT2D eigenvalue weighted by molar-refractivity contribution is 0.207. The van der Waals surface area contributed by atoms with Gasteiger partial charge in [0.05, 0.1) is 13.2 Å². The summed E-state index contributed by atoms with van der Waals surface area (Å²) in [5, 5.41) is 6.86. The highest BCUT2D eigenvalue weighted by Crippen LogP contribution is 2.29. The number of nitrogens with zero attached hydrogens (tertiary/aromatic N) is 1. The first-order valence-corrected chi connectivity index (χ1v) is 7.71. The number of rotatable bonds is 6. The van der Waals surface area contributed by atoms with E-state index in [2.05, 4.69) is 36.4 Å². The van der Waals surface area contributed by atoms with Crippen molar-refractivity contribution < 1.29 is 4.74 Å². The van der Waals surface area contributed by atoms with E-state index in [4.69, 9.17) is 4.74 Å². The van der Waals surface area contributed by atoms with E-state index in [1.165, 1.54) is 25.7 Å². The minimum absolute atomic E-state index is 0.579. The summed E-state index contributed by atoms with van der Waals surface area (Å²) in [6.45, 7) is 9.08. The number of aliphatic imine (C=N–C) groups is 1. The average molecular weight is 269 g/mol. The van der Waals surface area contributed by atoms with Crippen LogP contribution in [0, 0.1) is 11.8 Å². The van der Waals surface area contributed by atoms with Crippen LogP contribution >= 0.6 is 0 Å². The molecule has 0 heterocycles.